The average molecular weight is 313 g/mol. The molecule has 0 spiro atoms. The van der Waals surface area contributed by atoms with Crippen LogP contribution in [0.4, 0.5) is 5.69 Å². The van der Waals surface area contributed by atoms with Gasteiger partial charge in [-0.3, -0.25) is 0 Å². The maximum absolute atomic E-state index is 9.06. The summed E-state index contributed by atoms with van der Waals surface area (Å²) in [4.78, 5) is 6.39. The Morgan fingerprint density at radius 1 is 1.47 bits per heavy atom. The second kappa shape index (κ2) is 5.62. The quantitative estimate of drug-likeness (QED) is 0.942. The number of aliphatic hydroxyl groups excluding tert-OH is 1. The Labute approximate surface area is 113 Å². The minimum Gasteiger partial charge on any atom is -0.392 e. The molecule has 90 valence electrons. The van der Waals surface area contributed by atoms with Crippen LogP contribution >= 0.6 is 27.3 Å². The van der Waals surface area contributed by atoms with Gasteiger partial charge < -0.3 is 10.0 Å². The van der Waals surface area contributed by atoms with E-state index in [0.717, 1.165) is 28.0 Å². The Hall–Kier alpha value is -0.910. The molecule has 0 saturated carbocycles. The van der Waals surface area contributed by atoms with Gasteiger partial charge in [0.15, 0.2) is 0 Å². The summed E-state index contributed by atoms with van der Waals surface area (Å²) < 4.78 is 0.988. The van der Waals surface area contributed by atoms with E-state index in [-0.39, 0.29) is 6.61 Å². The van der Waals surface area contributed by atoms with Gasteiger partial charge in [0.2, 0.25) is 0 Å². The van der Waals surface area contributed by atoms with Crippen LogP contribution in [0.1, 0.15) is 11.3 Å². The van der Waals surface area contributed by atoms with Crippen molar-refractivity contribution in [3.8, 4) is 0 Å². The van der Waals surface area contributed by atoms with Crippen molar-refractivity contribution in [2.75, 3.05) is 11.9 Å². The molecule has 0 amide bonds. The second-order valence-electron chi connectivity index (χ2n) is 3.78. The van der Waals surface area contributed by atoms with Crippen molar-refractivity contribution in [1.29, 1.82) is 0 Å². The number of aromatic nitrogens is 1. The molecule has 1 N–H and O–H groups in total. The predicted octanol–water partition coefficient (Wildman–Crippen LogP) is 3.03. The van der Waals surface area contributed by atoms with Gasteiger partial charge >= 0.3 is 0 Å². The number of hydrogen-bond acceptors (Lipinski definition) is 4. The number of hydrogen-bond donors (Lipinski definition) is 1. The van der Waals surface area contributed by atoms with E-state index < -0.39 is 0 Å². The second-order valence-corrected chi connectivity index (χ2v) is 5.35. The molecule has 0 fully saturated rings. The first kappa shape index (κ1) is 12.5. The first-order valence-electron chi connectivity index (χ1n) is 5.18. The third-order valence-corrected chi connectivity index (χ3v) is 3.76. The molecule has 1 heterocycles. The van der Waals surface area contributed by atoms with Crippen LogP contribution in [0, 0.1) is 0 Å². The summed E-state index contributed by atoms with van der Waals surface area (Å²) in [7, 11) is 2.03. The van der Waals surface area contributed by atoms with E-state index in [0.29, 0.717) is 0 Å². The lowest BCUT2D eigenvalue weighted by molar-refractivity contribution is 0.282. The SMILES string of the molecule is CN(Cc1cscn1)c1ccc(CO)cc1Br. The number of nitrogens with zero attached hydrogens (tertiary/aromatic N) is 2. The van der Waals surface area contributed by atoms with E-state index in [9.17, 15) is 0 Å². The van der Waals surface area contributed by atoms with Crippen LogP contribution < -0.4 is 4.90 Å². The summed E-state index contributed by atoms with van der Waals surface area (Å²) in [6.07, 6.45) is 0. The highest BCUT2D eigenvalue weighted by molar-refractivity contribution is 9.10. The Morgan fingerprint density at radius 2 is 2.29 bits per heavy atom. The molecule has 1 aromatic carbocycles. The topological polar surface area (TPSA) is 36.4 Å². The monoisotopic (exact) mass is 312 g/mol. The molecule has 2 aromatic rings. The predicted molar refractivity (Wildman–Crippen MR) is 74.3 cm³/mol. The summed E-state index contributed by atoms with van der Waals surface area (Å²) in [5.74, 6) is 0. The van der Waals surface area contributed by atoms with Crippen molar-refractivity contribution in [3.63, 3.8) is 0 Å². The summed E-state index contributed by atoms with van der Waals surface area (Å²) in [5.41, 5.74) is 4.90. The van der Waals surface area contributed by atoms with E-state index >= 15 is 0 Å². The molecule has 0 aliphatic carbocycles. The summed E-state index contributed by atoms with van der Waals surface area (Å²) in [6.45, 7) is 0.843. The largest absolute Gasteiger partial charge is 0.392 e. The van der Waals surface area contributed by atoms with E-state index in [1.54, 1.807) is 11.3 Å². The molecular formula is C12H13BrN2OS. The molecule has 1 aromatic heterocycles. The summed E-state index contributed by atoms with van der Waals surface area (Å²) in [6, 6.07) is 5.87. The zero-order valence-electron chi connectivity index (χ0n) is 9.43. The minimum atomic E-state index is 0.0642. The Morgan fingerprint density at radius 3 is 2.88 bits per heavy atom. The van der Waals surface area contributed by atoms with Gasteiger partial charge in [-0.1, -0.05) is 6.07 Å². The van der Waals surface area contributed by atoms with Crippen molar-refractivity contribution in [2.45, 2.75) is 13.2 Å². The van der Waals surface area contributed by atoms with Crippen LogP contribution in [0.15, 0.2) is 33.6 Å². The number of anilines is 1. The van der Waals surface area contributed by atoms with Gasteiger partial charge in [-0.25, -0.2) is 4.98 Å². The van der Waals surface area contributed by atoms with Crippen molar-refractivity contribution in [3.05, 3.63) is 44.8 Å². The number of benzene rings is 1. The molecule has 2 rings (SSSR count). The fraction of sp³-hybridized carbons (Fsp3) is 0.250. The van der Waals surface area contributed by atoms with Crippen LogP contribution in [0.25, 0.3) is 0 Å². The van der Waals surface area contributed by atoms with Gasteiger partial charge in [-0.15, -0.1) is 11.3 Å². The average Bonchev–Trinajstić information content (AvgIpc) is 2.81. The van der Waals surface area contributed by atoms with E-state index in [1.165, 1.54) is 0 Å². The van der Waals surface area contributed by atoms with E-state index in [1.807, 2.05) is 36.1 Å². The van der Waals surface area contributed by atoms with Crippen molar-refractivity contribution in [2.24, 2.45) is 0 Å². The van der Waals surface area contributed by atoms with E-state index in [4.69, 9.17) is 5.11 Å². The van der Waals surface area contributed by atoms with Gasteiger partial charge in [0.05, 0.1) is 30.0 Å². The molecule has 0 aliphatic rings. The number of rotatable bonds is 4. The van der Waals surface area contributed by atoms with Gasteiger partial charge in [0, 0.05) is 16.9 Å². The molecule has 0 aliphatic heterocycles. The van der Waals surface area contributed by atoms with Crippen LogP contribution in [-0.2, 0) is 13.2 Å². The number of halogens is 1. The summed E-state index contributed by atoms with van der Waals surface area (Å²) >= 11 is 5.13. The molecule has 17 heavy (non-hydrogen) atoms. The molecule has 0 bridgehead atoms. The highest BCUT2D eigenvalue weighted by Gasteiger charge is 2.08. The van der Waals surface area contributed by atoms with Crippen LogP contribution in [-0.4, -0.2) is 17.1 Å². The zero-order valence-corrected chi connectivity index (χ0v) is 11.8. The highest BCUT2D eigenvalue weighted by atomic mass is 79.9. The first-order valence-corrected chi connectivity index (χ1v) is 6.92. The molecule has 0 saturated heterocycles. The normalized spacial score (nSPS) is 10.5. The van der Waals surface area contributed by atoms with Gasteiger partial charge in [-0.05, 0) is 33.6 Å². The van der Waals surface area contributed by atoms with Crippen LogP contribution in [0.5, 0.6) is 0 Å². The zero-order chi connectivity index (χ0) is 12.3. The fourth-order valence-electron chi connectivity index (χ4n) is 1.60. The van der Waals surface area contributed by atoms with Crippen molar-refractivity contribution >= 4 is 33.0 Å². The smallest absolute Gasteiger partial charge is 0.0795 e. The fourth-order valence-corrected chi connectivity index (χ4v) is 2.88. The molecular weight excluding hydrogens is 300 g/mol. The maximum Gasteiger partial charge on any atom is 0.0795 e. The van der Waals surface area contributed by atoms with Crippen molar-refractivity contribution in [1.82, 2.24) is 4.98 Å². The van der Waals surface area contributed by atoms with Gasteiger partial charge in [0.25, 0.3) is 0 Å². The van der Waals surface area contributed by atoms with Crippen LogP contribution in [0.3, 0.4) is 0 Å². The van der Waals surface area contributed by atoms with E-state index in [2.05, 4.69) is 25.8 Å². The highest BCUT2D eigenvalue weighted by Crippen LogP contribution is 2.27. The minimum absolute atomic E-state index is 0.0642. The molecule has 0 atom stereocenters. The molecule has 0 unspecified atom stereocenters. The maximum atomic E-state index is 9.06. The lowest BCUT2D eigenvalue weighted by atomic mass is 10.2. The van der Waals surface area contributed by atoms with Gasteiger partial charge in [0.1, 0.15) is 0 Å². The number of aliphatic hydroxyl groups is 1. The molecule has 5 heteroatoms. The standard InChI is InChI=1S/C12H13BrN2OS/c1-15(5-10-7-17-8-14-10)12-3-2-9(6-16)4-11(12)13/h2-4,7-8,16H,5-6H2,1H3. The summed E-state index contributed by atoms with van der Waals surface area (Å²) in [5, 5.41) is 11.1. The Bertz CT molecular complexity index is 487. The van der Waals surface area contributed by atoms with Crippen molar-refractivity contribution < 1.29 is 5.11 Å². The Balaban J connectivity index is 2.16. The van der Waals surface area contributed by atoms with Crippen LogP contribution in [0.2, 0.25) is 0 Å². The lowest BCUT2D eigenvalue weighted by Crippen LogP contribution is -2.17. The molecule has 0 radical (unpaired) electrons. The lowest BCUT2D eigenvalue weighted by Gasteiger charge is -2.20. The third-order valence-electron chi connectivity index (χ3n) is 2.49. The first-order chi connectivity index (χ1) is 8.20. The molecule has 3 nitrogen and oxygen atoms in total. The Kier molecular flexibility index (Phi) is 4.15. The number of thiazole rings is 1. The van der Waals surface area contributed by atoms with Gasteiger partial charge in [-0.2, -0.15) is 0 Å². The third kappa shape index (κ3) is 3.06.